The number of nitrogens with zero attached hydrogens (tertiary/aromatic N) is 2. The van der Waals surface area contributed by atoms with Crippen LogP contribution in [0, 0.1) is 5.92 Å². The number of carbonyl (C=O) groups excluding carboxylic acids is 1. The number of rotatable bonds is 3. The summed E-state index contributed by atoms with van der Waals surface area (Å²) in [6, 6.07) is 13.3. The second-order valence-corrected chi connectivity index (χ2v) is 6.60. The van der Waals surface area contributed by atoms with Gasteiger partial charge >= 0.3 is 0 Å². The number of halogens is 1. The van der Waals surface area contributed by atoms with Gasteiger partial charge in [0, 0.05) is 24.6 Å². The molecule has 2 aromatic carbocycles. The Hall–Kier alpha value is -2.53. The molecular weight excluding hydrogens is 338 g/mol. The molecule has 128 valence electrons. The fourth-order valence-corrected chi connectivity index (χ4v) is 3.61. The molecule has 1 amide bonds. The average Bonchev–Trinajstić information content (AvgIpc) is 2.99. The third kappa shape index (κ3) is 2.96. The molecule has 0 radical (unpaired) electrons. The van der Waals surface area contributed by atoms with Crippen LogP contribution in [0.5, 0.6) is 5.75 Å². The number of amides is 1. The van der Waals surface area contributed by atoms with Gasteiger partial charge in [-0.1, -0.05) is 23.7 Å². The summed E-state index contributed by atoms with van der Waals surface area (Å²) in [5.41, 5.74) is 2.80. The van der Waals surface area contributed by atoms with Gasteiger partial charge in [-0.15, -0.1) is 0 Å². The largest absolute Gasteiger partial charge is 0.495 e. The zero-order valence-electron chi connectivity index (χ0n) is 13.8. The second-order valence-electron chi connectivity index (χ2n) is 6.20. The van der Waals surface area contributed by atoms with Crippen molar-refractivity contribution in [3.63, 3.8) is 0 Å². The third-order valence-corrected chi connectivity index (χ3v) is 4.95. The van der Waals surface area contributed by atoms with Gasteiger partial charge in [-0.2, -0.15) is 0 Å². The number of fused-ring (bicyclic) bond motifs is 3. The number of nitrogens with one attached hydrogen (secondary N) is 1. The van der Waals surface area contributed by atoms with E-state index in [9.17, 15) is 4.79 Å². The van der Waals surface area contributed by atoms with Gasteiger partial charge in [-0.25, -0.2) is 4.98 Å². The van der Waals surface area contributed by atoms with E-state index in [1.165, 1.54) is 0 Å². The highest BCUT2D eigenvalue weighted by atomic mass is 35.5. The molecule has 0 spiro atoms. The molecule has 2 heterocycles. The maximum absolute atomic E-state index is 12.6. The maximum atomic E-state index is 12.6. The summed E-state index contributed by atoms with van der Waals surface area (Å²) in [5, 5.41) is 3.43. The Kier molecular flexibility index (Phi) is 4.09. The van der Waals surface area contributed by atoms with E-state index in [1.54, 1.807) is 25.3 Å². The Bertz CT molecular complexity index is 951. The minimum atomic E-state index is -0.0924. The van der Waals surface area contributed by atoms with Crippen molar-refractivity contribution in [3.05, 3.63) is 53.3 Å². The molecule has 0 bridgehead atoms. The van der Waals surface area contributed by atoms with E-state index in [1.807, 2.05) is 18.2 Å². The number of aromatic nitrogens is 2. The van der Waals surface area contributed by atoms with Crippen molar-refractivity contribution in [2.24, 2.45) is 5.92 Å². The van der Waals surface area contributed by atoms with Crippen molar-refractivity contribution < 1.29 is 9.53 Å². The zero-order chi connectivity index (χ0) is 17.4. The number of hydrogen-bond acceptors (Lipinski definition) is 3. The molecule has 0 aliphatic carbocycles. The van der Waals surface area contributed by atoms with Gasteiger partial charge in [0.05, 0.1) is 23.2 Å². The fraction of sp³-hybridized carbons (Fsp3) is 0.263. The molecule has 25 heavy (non-hydrogen) atoms. The maximum Gasteiger partial charge on any atom is 0.228 e. The highest BCUT2D eigenvalue weighted by Crippen LogP contribution is 2.29. The van der Waals surface area contributed by atoms with E-state index in [-0.39, 0.29) is 11.8 Å². The van der Waals surface area contributed by atoms with Crippen LogP contribution < -0.4 is 10.1 Å². The van der Waals surface area contributed by atoms with Gasteiger partial charge in [-0.05, 0) is 36.8 Å². The first kappa shape index (κ1) is 16.0. The molecule has 1 atom stereocenters. The molecule has 6 heteroatoms. The standard InChI is InChI=1S/C19H18ClN3O2/c1-25-17-7-6-13(11-14(17)20)21-19(24)12-8-9-23-16-5-3-2-4-15(16)22-18(23)10-12/h2-7,11-12H,8-10H2,1H3,(H,21,24). The van der Waals surface area contributed by atoms with Crippen LogP contribution in [0.15, 0.2) is 42.5 Å². The summed E-state index contributed by atoms with van der Waals surface area (Å²) in [5.74, 6) is 1.47. The second kappa shape index (κ2) is 6.41. The van der Waals surface area contributed by atoms with Gasteiger partial charge in [0.1, 0.15) is 11.6 Å². The molecule has 0 saturated carbocycles. The Morgan fingerprint density at radius 3 is 2.96 bits per heavy atom. The highest BCUT2D eigenvalue weighted by Gasteiger charge is 2.27. The van der Waals surface area contributed by atoms with Crippen molar-refractivity contribution >= 4 is 34.2 Å². The van der Waals surface area contributed by atoms with Gasteiger partial charge in [0.15, 0.2) is 0 Å². The summed E-state index contributed by atoms with van der Waals surface area (Å²) in [7, 11) is 1.56. The SMILES string of the molecule is COc1ccc(NC(=O)C2CCn3c(nc4ccccc43)C2)cc1Cl. The van der Waals surface area contributed by atoms with Crippen LogP contribution in [0.3, 0.4) is 0 Å². The van der Waals surface area contributed by atoms with Gasteiger partial charge in [0.25, 0.3) is 0 Å². The first-order chi connectivity index (χ1) is 12.2. The number of benzene rings is 2. The Morgan fingerprint density at radius 1 is 1.32 bits per heavy atom. The normalized spacial score (nSPS) is 16.5. The first-order valence-electron chi connectivity index (χ1n) is 8.24. The van der Waals surface area contributed by atoms with Crippen LogP contribution in [-0.2, 0) is 17.8 Å². The number of para-hydroxylation sites is 2. The van der Waals surface area contributed by atoms with Crippen molar-refractivity contribution in [2.45, 2.75) is 19.4 Å². The van der Waals surface area contributed by atoms with Crippen molar-refractivity contribution in [1.82, 2.24) is 9.55 Å². The minimum Gasteiger partial charge on any atom is -0.495 e. The van der Waals surface area contributed by atoms with Crippen LogP contribution in [0.2, 0.25) is 5.02 Å². The summed E-state index contributed by atoms with van der Waals surface area (Å²) in [6.45, 7) is 0.803. The van der Waals surface area contributed by atoms with Crippen LogP contribution >= 0.6 is 11.6 Å². The summed E-state index contributed by atoms with van der Waals surface area (Å²) in [4.78, 5) is 17.3. The van der Waals surface area contributed by atoms with E-state index in [0.29, 0.717) is 22.9 Å². The number of ether oxygens (including phenoxy) is 1. The minimum absolute atomic E-state index is 0.000426. The van der Waals surface area contributed by atoms with Crippen LogP contribution in [0.4, 0.5) is 5.69 Å². The molecule has 1 unspecified atom stereocenters. The van der Waals surface area contributed by atoms with Crippen molar-refractivity contribution in [1.29, 1.82) is 0 Å². The molecule has 0 fully saturated rings. The molecule has 1 N–H and O–H groups in total. The number of imidazole rings is 1. The Morgan fingerprint density at radius 2 is 2.16 bits per heavy atom. The molecule has 0 saturated heterocycles. The van der Waals surface area contributed by atoms with E-state index in [0.717, 1.165) is 29.8 Å². The lowest BCUT2D eigenvalue weighted by molar-refractivity contribution is -0.120. The van der Waals surface area contributed by atoms with E-state index >= 15 is 0 Å². The number of aryl methyl sites for hydroxylation is 1. The van der Waals surface area contributed by atoms with Crippen molar-refractivity contribution in [2.75, 3.05) is 12.4 Å². The fourth-order valence-electron chi connectivity index (χ4n) is 3.35. The topological polar surface area (TPSA) is 56.1 Å². The van der Waals surface area contributed by atoms with Gasteiger partial charge < -0.3 is 14.6 Å². The predicted molar refractivity (Wildman–Crippen MR) is 98.2 cm³/mol. The molecule has 1 aromatic heterocycles. The number of carbonyl (C=O) groups is 1. The van der Waals surface area contributed by atoms with Crippen molar-refractivity contribution in [3.8, 4) is 5.75 Å². The first-order valence-corrected chi connectivity index (χ1v) is 8.62. The molecule has 4 rings (SSSR count). The average molecular weight is 356 g/mol. The third-order valence-electron chi connectivity index (χ3n) is 4.65. The van der Waals surface area contributed by atoms with Gasteiger partial charge in [0.2, 0.25) is 5.91 Å². The molecule has 1 aliphatic rings. The predicted octanol–water partition coefficient (Wildman–Crippen LogP) is 3.90. The number of hydrogen-bond donors (Lipinski definition) is 1. The lowest BCUT2D eigenvalue weighted by Crippen LogP contribution is -2.30. The van der Waals surface area contributed by atoms with Crippen LogP contribution in [0.25, 0.3) is 11.0 Å². The molecular formula is C19H18ClN3O2. The zero-order valence-corrected chi connectivity index (χ0v) is 14.6. The lowest BCUT2D eigenvalue weighted by Gasteiger charge is -2.23. The Balaban J connectivity index is 1.51. The van der Waals surface area contributed by atoms with Gasteiger partial charge in [-0.3, -0.25) is 4.79 Å². The quantitative estimate of drug-likeness (QED) is 0.775. The number of anilines is 1. The molecule has 5 nitrogen and oxygen atoms in total. The van der Waals surface area contributed by atoms with E-state index in [4.69, 9.17) is 16.3 Å². The lowest BCUT2D eigenvalue weighted by atomic mass is 9.96. The molecule has 3 aromatic rings. The highest BCUT2D eigenvalue weighted by molar-refractivity contribution is 6.32. The summed E-state index contributed by atoms with van der Waals surface area (Å²) >= 11 is 6.12. The van der Waals surface area contributed by atoms with E-state index in [2.05, 4.69) is 20.9 Å². The Labute approximate surface area is 150 Å². The van der Waals surface area contributed by atoms with E-state index < -0.39 is 0 Å². The smallest absolute Gasteiger partial charge is 0.228 e. The monoisotopic (exact) mass is 355 g/mol. The molecule has 1 aliphatic heterocycles. The van der Waals surface area contributed by atoms with Crippen LogP contribution in [0.1, 0.15) is 12.2 Å². The number of methoxy groups -OCH3 is 1. The summed E-state index contributed by atoms with van der Waals surface area (Å²) < 4.78 is 7.35. The van der Waals surface area contributed by atoms with Crippen LogP contribution in [-0.4, -0.2) is 22.6 Å². The summed E-state index contributed by atoms with van der Waals surface area (Å²) in [6.07, 6.45) is 1.44.